The molecule has 0 unspecified atom stereocenters. The number of pyridine rings is 1. The van der Waals surface area contributed by atoms with Crippen LogP contribution in [0.15, 0.2) is 6.07 Å². The zero-order chi connectivity index (χ0) is 12.3. The molecule has 0 atom stereocenters. The molecule has 0 amide bonds. The molecule has 0 aliphatic carbocycles. The largest absolute Gasteiger partial charge is 0.371 e. The fraction of sp³-hybridized carbons (Fsp3) is 0.545. The molecule has 2 N–H and O–H groups in total. The van der Waals surface area contributed by atoms with Crippen LogP contribution in [0.2, 0.25) is 0 Å². The summed E-state index contributed by atoms with van der Waals surface area (Å²) in [4.78, 5) is 3.91. The van der Waals surface area contributed by atoms with Crippen molar-refractivity contribution in [1.82, 2.24) is 4.98 Å². The third-order valence-electron chi connectivity index (χ3n) is 2.73. The van der Waals surface area contributed by atoms with Crippen molar-refractivity contribution in [2.45, 2.75) is 18.9 Å². The molecule has 1 aromatic heterocycles. The Bertz CT molecular complexity index is 395. The van der Waals surface area contributed by atoms with Gasteiger partial charge in [-0.15, -0.1) is 0 Å². The highest BCUT2D eigenvalue weighted by Gasteiger charge is 2.17. The first kappa shape index (κ1) is 12.4. The summed E-state index contributed by atoms with van der Waals surface area (Å²) in [7, 11) is 1.56. The fourth-order valence-electron chi connectivity index (χ4n) is 1.78. The Morgan fingerprint density at radius 1 is 1.24 bits per heavy atom. The highest BCUT2D eigenvalue weighted by molar-refractivity contribution is 7.99. The Hall–Kier alpha value is -1.04. The summed E-state index contributed by atoms with van der Waals surface area (Å²) < 4.78 is 26.7. The predicted molar refractivity (Wildman–Crippen MR) is 67.7 cm³/mol. The molecule has 0 bridgehead atoms. The summed E-state index contributed by atoms with van der Waals surface area (Å²) in [5, 5.41) is 5.65. The molecule has 2 heterocycles. The van der Waals surface area contributed by atoms with E-state index < -0.39 is 11.6 Å². The van der Waals surface area contributed by atoms with Gasteiger partial charge in [0, 0.05) is 19.2 Å². The van der Waals surface area contributed by atoms with E-state index in [0.29, 0.717) is 0 Å². The summed E-state index contributed by atoms with van der Waals surface area (Å²) in [5.41, 5.74) is 0. The number of rotatable bonds is 3. The smallest absolute Gasteiger partial charge is 0.168 e. The van der Waals surface area contributed by atoms with Gasteiger partial charge in [-0.05, 0) is 24.3 Å². The lowest BCUT2D eigenvalue weighted by molar-refractivity contribution is 0.572. The summed E-state index contributed by atoms with van der Waals surface area (Å²) in [6, 6.07) is 1.09. The normalized spacial score (nSPS) is 16.9. The van der Waals surface area contributed by atoms with Crippen LogP contribution in [0.1, 0.15) is 12.8 Å². The molecule has 0 saturated carbocycles. The average molecular weight is 259 g/mol. The van der Waals surface area contributed by atoms with E-state index in [4.69, 9.17) is 0 Å². The van der Waals surface area contributed by atoms with Gasteiger partial charge in [-0.25, -0.2) is 13.8 Å². The Morgan fingerprint density at radius 2 is 1.88 bits per heavy atom. The molecule has 1 aliphatic rings. The van der Waals surface area contributed by atoms with E-state index in [2.05, 4.69) is 15.6 Å². The second kappa shape index (κ2) is 5.53. The van der Waals surface area contributed by atoms with E-state index in [9.17, 15) is 8.78 Å². The van der Waals surface area contributed by atoms with Crippen LogP contribution in [0.4, 0.5) is 20.4 Å². The number of hydrogen-bond donors (Lipinski definition) is 2. The maximum atomic E-state index is 13.5. The lowest BCUT2D eigenvalue weighted by Crippen LogP contribution is -2.25. The van der Waals surface area contributed by atoms with E-state index in [1.54, 1.807) is 7.05 Å². The van der Waals surface area contributed by atoms with Crippen LogP contribution in [0.25, 0.3) is 0 Å². The number of halogens is 2. The van der Waals surface area contributed by atoms with E-state index >= 15 is 0 Å². The van der Waals surface area contributed by atoms with Gasteiger partial charge >= 0.3 is 0 Å². The van der Waals surface area contributed by atoms with E-state index in [0.717, 1.165) is 30.4 Å². The number of thioether (sulfide) groups is 1. The van der Waals surface area contributed by atoms with E-state index in [1.165, 1.54) is 0 Å². The highest BCUT2D eigenvalue weighted by atomic mass is 32.2. The first-order valence-corrected chi connectivity index (χ1v) is 6.74. The van der Waals surface area contributed by atoms with Crippen LogP contribution in [0.3, 0.4) is 0 Å². The molecule has 2 rings (SSSR count). The molecule has 1 saturated heterocycles. The Morgan fingerprint density at radius 3 is 2.53 bits per heavy atom. The fourth-order valence-corrected chi connectivity index (χ4v) is 2.88. The summed E-state index contributed by atoms with van der Waals surface area (Å²) >= 11 is 1.90. The minimum Gasteiger partial charge on any atom is -0.371 e. The van der Waals surface area contributed by atoms with Gasteiger partial charge in [0.05, 0.1) is 0 Å². The second-order valence-electron chi connectivity index (χ2n) is 3.93. The van der Waals surface area contributed by atoms with Gasteiger partial charge in [0.2, 0.25) is 0 Å². The van der Waals surface area contributed by atoms with Gasteiger partial charge in [0.15, 0.2) is 23.3 Å². The summed E-state index contributed by atoms with van der Waals surface area (Å²) in [6.07, 6.45) is 1.97. The van der Waals surface area contributed by atoms with Crippen molar-refractivity contribution in [2.24, 2.45) is 0 Å². The topological polar surface area (TPSA) is 37.0 Å². The summed E-state index contributed by atoms with van der Waals surface area (Å²) in [6.45, 7) is 0. The molecule has 3 nitrogen and oxygen atoms in total. The number of aromatic nitrogens is 1. The molecule has 0 radical (unpaired) electrons. The SMILES string of the molecule is CNc1nc(NC2CCSCC2)c(F)cc1F. The predicted octanol–water partition coefficient (Wildman–Crippen LogP) is 2.71. The second-order valence-corrected chi connectivity index (χ2v) is 5.15. The van der Waals surface area contributed by atoms with Gasteiger partial charge in [-0.2, -0.15) is 11.8 Å². The molecular formula is C11H15F2N3S. The van der Waals surface area contributed by atoms with Crippen LogP contribution in [-0.2, 0) is 0 Å². The molecule has 0 aromatic carbocycles. The van der Waals surface area contributed by atoms with Crippen molar-refractivity contribution in [3.63, 3.8) is 0 Å². The number of nitrogens with zero attached hydrogens (tertiary/aromatic N) is 1. The minimum absolute atomic E-state index is 0.0686. The first-order valence-electron chi connectivity index (χ1n) is 5.59. The molecule has 0 spiro atoms. The lowest BCUT2D eigenvalue weighted by Gasteiger charge is -2.23. The Balaban J connectivity index is 2.13. The Kier molecular flexibility index (Phi) is 4.04. The van der Waals surface area contributed by atoms with Crippen molar-refractivity contribution >= 4 is 23.4 Å². The van der Waals surface area contributed by atoms with Crippen LogP contribution in [-0.4, -0.2) is 29.6 Å². The molecule has 94 valence electrons. The van der Waals surface area contributed by atoms with Gasteiger partial charge in [0.25, 0.3) is 0 Å². The first-order chi connectivity index (χ1) is 8.20. The van der Waals surface area contributed by atoms with Gasteiger partial charge in [-0.3, -0.25) is 0 Å². The standard InChI is InChI=1S/C11H15F2N3S/c1-14-10-8(12)6-9(13)11(16-10)15-7-2-4-17-5-3-7/h6-7H,2-5H2,1H3,(H2,14,15,16). The molecule has 1 fully saturated rings. The van der Waals surface area contributed by atoms with Crippen LogP contribution in [0, 0.1) is 11.6 Å². The zero-order valence-electron chi connectivity index (χ0n) is 9.59. The third kappa shape index (κ3) is 3.00. The zero-order valence-corrected chi connectivity index (χ0v) is 10.4. The summed E-state index contributed by atoms with van der Waals surface area (Å²) in [5.74, 6) is 1.03. The maximum Gasteiger partial charge on any atom is 0.168 e. The number of hydrogen-bond acceptors (Lipinski definition) is 4. The van der Waals surface area contributed by atoms with Crippen molar-refractivity contribution in [3.8, 4) is 0 Å². The lowest BCUT2D eigenvalue weighted by atomic mass is 10.1. The quantitative estimate of drug-likeness (QED) is 0.875. The van der Waals surface area contributed by atoms with Crippen LogP contribution >= 0.6 is 11.8 Å². The monoisotopic (exact) mass is 259 g/mol. The number of nitrogens with one attached hydrogen (secondary N) is 2. The molecule has 6 heteroatoms. The average Bonchev–Trinajstić information content (AvgIpc) is 2.34. The molecule has 1 aliphatic heterocycles. The van der Waals surface area contributed by atoms with Gasteiger partial charge in [-0.1, -0.05) is 0 Å². The van der Waals surface area contributed by atoms with Crippen molar-refractivity contribution in [3.05, 3.63) is 17.7 Å². The van der Waals surface area contributed by atoms with E-state index in [1.807, 2.05) is 11.8 Å². The van der Waals surface area contributed by atoms with Crippen molar-refractivity contribution < 1.29 is 8.78 Å². The van der Waals surface area contributed by atoms with Crippen LogP contribution in [0.5, 0.6) is 0 Å². The third-order valence-corrected chi connectivity index (χ3v) is 3.78. The minimum atomic E-state index is -0.672. The van der Waals surface area contributed by atoms with Crippen LogP contribution < -0.4 is 10.6 Å². The highest BCUT2D eigenvalue weighted by Crippen LogP contribution is 2.23. The van der Waals surface area contributed by atoms with Gasteiger partial charge < -0.3 is 10.6 Å². The van der Waals surface area contributed by atoms with Crippen molar-refractivity contribution in [2.75, 3.05) is 29.2 Å². The van der Waals surface area contributed by atoms with Crippen molar-refractivity contribution in [1.29, 1.82) is 0 Å². The maximum absolute atomic E-state index is 13.5. The molecule has 1 aromatic rings. The Labute approximate surface area is 103 Å². The van der Waals surface area contributed by atoms with Gasteiger partial charge in [0.1, 0.15) is 0 Å². The molecule has 17 heavy (non-hydrogen) atoms. The molecular weight excluding hydrogens is 244 g/mol. The number of anilines is 2. The van der Waals surface area contributed by atoms with E-state index in [-0.39, 0.29) is 17.7 Å².